The van der Waals surface area contributed by atoms with E-state index in [4.69, 9.17) is 0 Å². The third kappa shape index (κ3) is 3.26. The Hall–Kier alpha value is -0.610. The first-order valence-corrected chi connectivity index (χ1v) is 8.69. The molecule has 0 bridgehead atoms. The summed E-state index contributed by atoms with van der Waals surface area (Å²) in [5.74, 6) is -0.618. The van der Waals surface area contributed by atoms with Gasteiger partial charge >= 0.3 is 5.97 Å². The monoisotopic (exact) mass is 294 g/mol. The SMILES string of the molecule is CC1(C)CCC(N2CCC(N3CCCC3C(=O)O)CC2)C1. The summed E-state index contributed by atoms with van der Waals surface area (Å²) in [6, 6.07) is 1.06. The Morgan fingerprint density at radius 1 is 1.05 bits per heavy atom. The lowest BCUT2D eigenvalue weighted by molar-refractivity contribution is -0.143. The molecule has 21 heavy (non-hydrogen) atoms. The fourth-order valence-electron chi connectivity index (χ4n) is 4.78. The van der Waals surface area contributed by atoms with Crippen molar-refractivity contribution in [3.63, 3.8) is 0 Å². The van der Waals surface area contributed by atoms with E-state index in [2.05, 4.69) is 23.6 Å². The molecular weight excluding hydrogens is 264 g/mol. The zero-order valence-electron chi connectivity index (χ0n) is 13.6. The van der Waals surface area contributed by atoms with Gasteiger partial charge in [0.25, 0.3) is 0 Å². The largest absolute Gasteiger partial charge is 0.480 e. The van der Waals surface area contributed by atoms with Gasteiger partial charge in [0.2, 0.25) is 0 Å². The van der Waals surface area contributed by atoms with E-state index >= 15 is 0 Å². The van der Waals surface area contributed by atoms with Crippen molar-refractivity contribution in [3.8, 4) is 0 Å². The minimum Gasteiger partial charge on any atom is -0.480 e. The van der Waals surface area contributed by atoms with Crippen LogP contribution in [0.25, 0.3) is 0 Å². The number of hydrogen-bond donors (Lipinski definition) is 1. The van der Waals surface area contributed by atoms with Gasteiger partial charge in [0, 0.05) is 12.1 Å². The van der Waals surface area contributed by atoms with Gasteiger partial charge < -0.3 is 10.0 Å². The lowest BCUT2D eigenvalue weighted by Crippen LogP contribution is -2.50. The third-order valence-corrected chi connectivity index (χ3v) is 6.01. The minimum absolute atomic E-state index is 0.216. The molecule has 2 unspecified atom stereocenters. The van der Waals surface area contributed by atoms with Crippen molar-refractivity contribution in [2.45, 2.75) is 76.9 Å². The number of likely N-dealkylation sites (tertiary alicyclic amines) is 2. The normalized spacial score (nSPS) is 35.3. The number of hydrogen-bond acceptors (Lipinski definition) is 3. The van der Waals surface area contributed by atoms with Crippen LogP contribution in [0.2, 0.25) is 0 Å². The number of nitrogens with zero attached hydrogens (tertiary/aromatic N) is 2. The molecule has 1 N–H and O–H groups in total. The molecule has 120 valence electrons. The summed E-state index contributed by atoms with van der Waals surface area (Å²) in [7, 11) is 0. The average molecular weight is 294 g/mol. The van der Waals surface area contributed by atoms with Crippen molar-refractivity contribution in [2.75, 3.05) is 19.6 Å². The predicted octanol–water partition coefficient (Wildman–Crippen LogP) is 2.58. The van der Waals surface area contributed by atoms with Crippen LogP contribution in [0.4, 0.5) is 0 Å². The molecule has 4 heteroatoms. The highest BCUT2D eigenvalue weighted by atomic mass is 16.4. The fourth-order valence-corrected chi connectivity index (χ4v) is 4.78. The molecule has 3 aliphatic rings. The van der Waals surface area contributed by atoms with Crippen LogP contribution in [0.3, 0.4) is 0 Å². The summed E-state index contributed by atoms with van der Waals surface area (Å²) in [5, 5.41) is 9.34. The number of aliphatic carboxylic acids is 1. The van der Waals surface area contributed by atoms with Crippen molar-refractivity contribution < 1.29 is 9.90 Å². The van der Waals surface area contributed by atoms with Crippen LogP contribution < -0.4 is 0 Å². The summed E-state index contributed by atoms with van der Waals surface area (Å²) in [6.07, 6.45) is 8.23. The molecule has 1 saturated carbocycles. The highest BCUT2D eigenvalue weighted by Gasteiger charge is 2.39. The van der Waals surface area contributed by atoms with Crippen LogP contribution in [0, 0.1) is 5.41 Å². The Morgan fingerprint density at radius 3 is 2.33 bits per heavy atom. The zero-order chi connectivity index (χ0) is 15.0. The van der Waals surface area contributed by atoms with Crippen LogP contribution in [0.15, 0.2) is 0 Å². The number of carbonyl (C=O) groups is 1. The highest BCUT2D eigenvalue weighted by Crippen LogP contribution is 2.40. The van der Waals surface area contributed by atoms with Gasteiger partial charge in [-0.15, -0.1) is 0 Å². The Kier molecular flexibility index (Phi) is 4.28. The highest BCUT2D eigenvalue weighted by molar-refractivity contribution is 5.73. The van der Waals surface area contributed by atoms with E-state index in [-0.39, 0.29) is 6.04 Å². The zero-order valence-corrected chi connectivity index (χ0v) is 13.6. The van der Waals surface area contributed by atoms with Crippen LogP contribution >= 0.6 is 0 Å². The maximum Gasteiger partial charge on any atom is 0.320 e. The molecule has 4 nitrogen and oxygen atoms in total. The van der Waals surface area contributed by atoms with Gasteiger partial charge in [0.15, 0.2) is 0 Å². The molecule has 2 aliphatic heterocycles. The molecule has 0 aromatic rings. The van der Waals surface area contributed by atoms with Crippen LogP contribution in [0.5, 0.6) is 0 Å². The van der Waals surface area contributed by atoms with Crippen molar-refractivity contribution in [3.05, 3.63) is 0 Å². The maximum absolute atomic E-state index is 11.3. The van der Waals surface area contributed by atoms with Crippen LogP contribution in [-0.4, -0.2) is 58.6 Å². The summed E-state index contributed by atoms with van der Waals surface area (Å²) in [6.45, 7) is 8.09. The average Bonchev–Trinajstić information content (AvgIpc) is 3.05. The summed E-state index contributed by atoms with van der Waals surface area (Å²) in [5.41, 5.74) is 0.519. The molecule has 0 radical (unpaired) electrons. The van der Waals surface area contributed by atoms with Crippen molar-refractivity contribution >= 4 is 5.97 Å². The van der Waals surface area contributed by atoms with E-state index in [1.807, 2.05) is 0 Å². The molecule has 3 fully saturated rings. The Morgan fingerprint density at radius 2 is 1.76 bits per heavy atom. The van der Waals surface area contributed by atoms with Gasteiger partial charge in [0.05, 0.1) is 0 Å². The number of piperidine rings is 1. The van der Waals surface area contributed by atoms with Gasteiger partial charge in [-0.25, -0.2) is 0 Å². The summed E-state index contributed by atoms with van der Waals surface area (Å²) in [4.78, 5) is 16.3. The minimum atomic E-state index is -0.618. The fraction of sp³-hybridized carbons (Fsp3) is 0.941. The van der Waals surface area contributed by atoms with Crippen LogP contribution in [0.1, 0.15) is 58.8 Å². The summed E-state index contributed by atoms with van der Waals surface area (Å²) < 4.78 is 0. The molecule has 3 rings (SSSR count). The topological polar surface area (TPSA) is 43.8 Å². The first kappa shape index (κ1) is 15.3. The van der Waals surface area contributed by atoms with Crippen molar-refractivity contribution in [2.24, 2.45) is 5.41 Å². The predicted molar refractivity (Wildman–Crippen MR) is 83.4 cm³/mol. The third-order valence-electron chi connectivity index (χ3n) is 6.01. The molecule has 0 aromatic heterocycles. The molecule has 0 spiro atoms. The van der Waals surface area contributed by atoms with E-state index in [9.17, 15) is 9.90 Å². The van der Waals surface area contributed by atoms with E-state index in [0.29, 0.717) is 11.5 Å². The van der Waals surface area contributed by atoms with Gasteiger partial charge in [-0.3, -0.25) is 9.69 Å². The second-order valence-electron chi connectivity index (χ2n) is 8.06. The number of rotatable bonds is 3. The quantitative estimate of drug-likeness (QED) is 0.869. The molecule has 2 saturated heterocycles. The van der Waals surface area contributed by atoms with Gasteiger partial charge in [-0.1, -0.05) is 13.8 Å². The molecule has 1 aliphatic carbocycles. The van der Waals surface area contributed by atoms with Gasteiger partial charge in [-0.05, 0) is 70.0 Å². The van der Waals surface area contributed by atoms with Crippen molar-refractivity contribution in [1.82, 2.24) is 9.80 Å². The van der Waals surface area contributed by atoms with E-state index in [1.54, 1.807) is 0 Å². The molecule has 0 aromatic carbocycles. The Labute approximate surface area is 128 Å². The van der Waals surface area contributed by atoms with E-state index < -0.39 is 5.97 Å². The van der Waals surface area contributed by atoms with Crippen molar-refractivity contribution in [1.29, 1.82) is 0 Å². The molecule has 2 heterocycles. The Balaban J connectivity index is 1.52. The second kappa shape index (κ2) is 5.88. The Bertz CT molecular complexity index is 388. The first-order valence-electron chi connectivity index (χ1n) is 8.69. The second-order valence-corrected chi connectivity index (χ2v) is 8.06. The molecular formula is C17H30N2O2. The van der Waals surface area contributed by atoms with Gasteiger partial charge in [-0.2, -0.15) is 0 Å². The standard InChI is InChI=1S/C17H30N2O2/c1-17(2)8-5-14(12-17)18-10-6-13(7-11-18)19-9-3-4-15(19)16(20)21/h13-15H,3-12H2,1-2H3,(H,20,21). The lowest BCUT2D eigenvalue weighted by Gasteiger charge is -2.41. The summed E-state index contributed by atoms with van der Waals surface area (Å²) >= 11 is 0. The molecule has 0 amide bonds. The van der Waals surface area contributed by atoms with Gasteiger partial charge in [0.1, 0.15) is 6.04 Å². The lowest BCUT2D eigenvalue weighted by atomic mass is 9.91. The first-order chi connectivity index (χ1) is 9.96. The van der Waals surface area contributed by atoms with Crippen LogP contribution in [-0.2, 0) is 4.79 Å². The van der Waals surface area contributed by atoms with E-state index in [0.717, 1.165) is 51.4 Å². The maximum atomic E-state index is 11.3. The number of carboxylic acid groups (broad SMARTS) is 1. The smallest absolute Gasteiger partial charge is 0.320 e. The molecule has 2 atom stereocenters. The number of carboxylic acids is 1. The van der Waals surface area contributed by atoms with E-state index in [1.165, 1.54) is 19.3 Å².